The number of pyridine rings is 1. The van der Waals surface area contributed by atoms with Crippen molar-refractivity contribution in [2.45, 2.75) is 19.4 Å². The predicted molar refractivity (Wildman–Crippen MR) is 81.4 cm³/mol. The van der Waals surface area contributed by atoms with Crippen molar-refractivity contribution in [1.29, 1.82) is 0 Å². The number of aromatic nitrogens is 3. The highest BCUT2D eigenvalue weighted by atomic mass is 16.5. The molecule has 0 bridgehead atoms. The van der Waals surface area contributed by atoms with Crippen LogP contribution in [0.5, 0.6) is 0 Å². The van der Waals surface area contributed by atoms with E-state index in [9.17, 15) is 4.79 Å². The van der Waals surface area contributed by atoms with Crippen LogP contribution >= 0.6 is 0 Å². The van der Waals surface area contributed by atoms with Gasteiger partial charge in [-0.3, -0.25) is 14.5 Å². The highest BCUT2D eigenvalue weighted by Gasteiger charge is 2.31. The summed E-state index contributed by atoms with van der Waals surface area (Å²) in [6, 6.07) is 3.50. The Kier molecular flexibility index (Phi) is 4.20. The van der Waals surface area contributed by atoms with Gasteiger partial charge in [-0.15, -0.1) is 0 Å². The fourth-order valence-electron chi connectivity index (χ4n) is 2.99. The first-order valence-corrected chi connectivity index (χ1v) is 7.48. The van der Waals surface area contributed by atoms with E-state index in [1.807, 2.05) is 29.7 Å². The van der Waals surface area contributed by atoms with Gasteiger partial charge in [-0.2, -0.15) is 5.10 Å². The Hall–Kier alpha value is -2.21. The molecule has 1 aliphatic heterocycles. The number of carbonyl (C=O) groups is 1. The van der Waals surface area contributed by atoms with Crippen molar-refractivity contribution in [3.8, 4) is 0 Å². The van der Waals surface area contributed by atoms with Gasteiger partial charge >= 0.3 is 0 Å². The van der Waals surface area contributed by atoms with E-state index < -0.39 is 0 Å². The highest BCUT2D eigenvalue weighted by molar-refractivity contribution is 5.94. The molecule has 3 heterocycles. The van der Waals surface area contributed by atoms with E-state index >= 15 is 0 Å². The Morgan fingerprint density at radius 3 is 2.91 bits per heavy atom. The maximum atomic E-state index is 12.7. The number of amides is 1. The second kappa shape index (κ2) is 6.27. The molecule has 2 aromatic heterocycles. The quantitative estimate of drug-likeness (QED) is 0.860. The van der Waals surface area contributed by atoms with E-state index in [4.69, 9.17) is 4.74 Å². The molecule has 0 fully saturated rings. The van der Waals surface area contributed by atoms with Crippen LogP contribution in [0, 0.1) is 0 Å². The summed E-state index contributed by atoms with van der Waals surface area (Å²) in [5.74, 6) is 0.181. The fraction of sp³-hybridized carbons (Fsp3) is 0.438. The highest BCUT2D eigenvalue weighted by Crippen LogP contribution is 2.29. The van der Waals surface area contributed by atoms with Gasteiger partial charge < -0.3 is 9.64 Å². The summed E-state index contributed by atoms with van der Waals surface area (Å²) in [4.78, 5) is 18.5. The van der Waals surface area contributed by atoms with E-state index in [1.165, 1.54) is 5.69 Å². The Morgan fingerprint density at radius 2 is 2.18 bits per heavy atom. The van der Waals surface area contributed by atoms with E-state index in [0.29, 0.717) is 31.9 Å². The lowest BCUT2D eigenvalue weighted by atomic mass is 9.96. The lowest BCUT2D eigenvalue weighted by Gasteiger charge is -2.33. The minimum absolute atomic E-state index is 0.0263. The third kappa shape index (κ3) is 2.74. The van der Waals surface area contributed by atoms with Crippen LogP contribution in [0.15, 0.2) is 30.7 Å². The normalized spacial score (nSPS) is 17.4. The molecule has 0 saturated heterocycles. The molecule has 1 unspecified atom stereocenters. The van der Waals surface area contributed by atoms with Crippen molar-refractivity contribution in [1.82, 2.24) is 19.7 Å². The topological polar surface area (TPSA) is 60.2 Å². The molecule has 0 aliphatic carbocycles. The molecule has 2 aromatic rings. The van der Waals surface area contributed by atoms with Crippen LogP contribution in [0.2, 0.25) is 0 Å². The average molecular weight is 300 g/mol. The SMILES string of the molecule is CCOCC1CN(C(=O)c2ccncc2)Cc2cnn(C)c21. The number of ether oxygens (including phenoxy) is 1. The van der Waals surface area contributed by atoms with Crippen molar-refractivity contribution in [2.24, 2.45) is 7.05 Å². The number of rotatable bonds is 4. The molecule has 1 amide bonds. The molecule has 6 nitrogen and oxygen atoms in total. The number of hydrogen-bond donors (Lipinski definition) is 0. The summed E-state index contributed by atoms with van der Waals surface area (Å²) >= 11 is 0. The third-order valence-electron chi connectivity index (χ3n) is 3.99. The Balaban J connectivity index is 1.85. The van der Waals surface area contributed by atoms with Crippen molar-refractivity contribution in [3.05, 3.63) is 47.5 Å². The van der Waals surface area contributed by atoms with E-state index in [1.54, 1.807) is 24.5 Å². The molecule has 22 heavy (non-hydrogen) atoms. The lowest BCUT2D eigenvalue weighted by molar-refractivity contribution is 0.0648. The lowest BCUT2D eigenvalue weighted by Crippen LogP contribution is -2.40. The zero-order valence-electron chi connectivity index (χ0n) is 12.9. The van der Waals surface area contributed by atoms with Gasteiger partial charge in [0.05, 0.1) is 18.5 Å². The van der Waals surface area contributed by atoms with Crippen LogP contribution < -0.4 is 0 Å². The second-order valence-electron chi connectivity index (χ2n) is 5.46. The van der Waals surface area contributed by atoms with Crippen LogP contribution in [-0.2, 0) is 18.3 Å². The van der Waals surface area contributed by atoms with E-state index in [-0.39, 0.29) is 11.8 Å². The molecule has 0 saturated carbocycles. The third-order valence-corrected chi connectivity index (χ3v) is 3.99. The maximum Gasteiger partial charge on any atom is 0.254 e. The van der Waals surface area contributed by atoms with Crippen LogP contribution in [0.4, 0.5) is 0 Å². The second-order valence-corrected chi connectivity index (χ2v) is 5.46. The monoisotopic (exact) mass is 300 g/mol. The molecular weight excluding hydrogens is 280 g/mol. The van der Waals surface area contributed by atoms with Crippen molar-refractivity contribution in [2.75, 3.05) is 19.8 Å². The number of fused-ring (bicyclic) bond motifs is 1. The number of aryl methyl sites for hydroxylation is 1. The number of nitrogens with zero attached hydrogens (tertiary/aromatic N) is 4. The van der Waals surface area contributed by atoms with Gasteiger partial charge in [0.1, 0.15) is 0 Å². The van der Waals surface area contributed by atoms with Gasteiger partial charge in [-0.1, -0.05) is 0 Å². The summed E-state index contributed by atoms with van der Waals surface area (Å²) in [5.41, 5.74) is 2.94. The Bertz CT molecular complexity index is 653. The van der Waals surface area contributed by atoms with Gasteiger partial charge in [0.15, 0.2) is 0 Å². The standard InChI is InChI=1S/C16H20N4O2/c1-3-22-11-14-10-20(9-13-8-18-19(2)15(13)14)16(21)12-4-6-17-7-5-12/h4-8,14H,3,9-11H2,1-2H3. The summed E-state index contributed by atoms with van der Waals surface area (Å²) in [6.07, 6.45) is 5.13. The summed E-state index contributed by atoms with van der Waals surface area (Å²) in [7, 11) is 1.94. The largest absolute Gasteiger partial charge is 0.381 e. The predicted octanol–water partition coefficient (Wildman–Crippen LogP) is 1.59. The van der Waals surface area contributed by atoms with Crippen molar-refractivity contribution in [3.63, 3.8) is 0 Å². The molecule has 0 radical (unpaired) electrons. The zero-order chi connectivity index (χ0) is 15.5. The van der Waals surface area contributed by atoms with Gasteiger partial charge in [0.25, 0.3) is 5.91 Å². The summed E-state index contributed by atoms with van der Waals surface area (Å²) < 4.78 is 7.50. The smallest absolute Gasteiger partial charge is 0.254 e. The number of hydrogen-bond acceptors (Lipinski definition) is 4. The fourth-order valence-corrected chi connectivity index (χ4v) is 2.99. The first-order valence-electron chi connectivity index (χ1n) is 7.48. The minimum atomic E-state index is 0.0263. The molecule has 3 rings (SSSR count). The Labute approximate surface area is 129 Å². The minimum Gasteiger partial charge on any atom is -0.381 e. The van der Waals surface area contributed by atoms with Gasteiger partial charge in [-0.25, -0.2) is 0 Å². The van der Waals surface area contributed by atoms with Crippen LogP contribution in [0.25, 0.3) is 0 Å². The maximum absolute atomic E-state index is 12.7. The van der Waals surface area contributed by atoms with Crippen molar-refractivity contribution >= 4 is 5.91 Å². The van der Waals surface area contributed by atoms with Crippen LogP contribution in [0.1, 0.15) is 34.5 Å². The molecule has 0 N–H and O–H groups in total. The molecule has 1 atom stereocenters. The van der Waals surface area contributed by atoms with Crippen LogP contribution in [-0.4, -0.2) is 45.3 Å². The summed E-state index contributed by atoms with van der Waals surface area (Å²) in [5, 5.41) is 4.34. The first-order chi connectivity index (χ1) is 10.7. The molecular formula is C16H20N4O2. The molecule has 6 heteroatoms. The molecule has 0 aromatic carbocycles. The molecule has 116 valence electrons. The van der Waals surface area contributed by atoms with Gasteiger partial charge in [-0.05, 0) is 19.1 Å². The van der Waals surface area contributed by atoms with Crippen molar-refractivity contribution < 1.29 is 9.53 Å². The number of carbonyl (C=O) groups excluding carboxylic acids is 1. The summed E-state index contributed by atoms with van der Waals surface area (Å²) in [6.45, 7) is 4.48. The van der Waals surface area contributed by atoms with Gasteiger partial charge in [0, 0.05) is 56.2 Å². The molecule has 0 spiro atoms. The van der Waals surface area contributed by atoms with Gasteiger partial charge in [0.2, 0.25) is 0 Å². The Morgan fingerprint density at radius 1 is 1.41 bits per heavy atom. The van der Waals surface area contributed by atoms with E-state index in [2.05, 4.69) is 10.1 Å². The first kappa shape index (κ1) is 14.7. The zero-order valence-corrected chi connectivity index (χ0v) is 12.9. The average Bonchev–Trinajstić information content (AvgIpc) is 2.94. The van der Waals surface area contributed by atoms with E-state index in [0.717, 1.165) is 5.56 Å². The van der Waals surface area contributed by atoms with Crippen LogP contribution in [0.3, 0.4) is 0 Å². The molecule has 1 aliphatic rings.